The minimum atomic E-state index is 0.294. The Hall–Kier alpha value is -0.160. The first-order chi connectivity index (χ1) is 8.11. The molecule has 0 radical (unpaired) electrons. The first-order valence-electron chi connectivity index (χ1n) is 6.57. The second kappa shape index (κ2) is 11.0. The molecule has 0 fully saturated rings. The molecule has 0 spiro atoms. The smallest absolute Gasteiger partial charge is 0.0589 e. The van der Waals surface area contributed by atoms with Gasteiger partial charge in [-0.05, 0) is 25.3 Å². The summed E-state index contributed by atoms with van der Waals surface area (Å²) in [4.78, 5) is 2.41. The van der Waals surface area contributed by atoms with E-state index in [1.807, 2.05) is 0 Å². The second-order valence-electron chi connectivity index (χ2n) is 4.88. The van der Waals surface area contributed by atoms with Crippen molar-refractivity contribution < 1.29 is 9.47 Å². The third-order valence-corrected chi connectivity index (χ3v) is 3.07. The second-order valence-corrected chi connectivity index (χ2v) is 4.88. The van der Waals surface area contributed by atoms with Crippen LogP contribution < -0.4 is 5.73 Å². The molecule has 1 atom stereocenters. The zero-order valence-corrected chi connectivity index (χ0v) is 11.9. The number of nitrogens with two attached hydrogens (primary N) is 1. The topological polar surface area (TPSA) is 47.7 Å². The molecule has 104 valence electrons. The minimum absolute atomic E-state index is 0.294. The summed E-state index contributed by atoms with van der Waals surface area (Å²) in [5.74, 6) is 0.554. The average molecular weight is 246 g/mol. The van der Waals surface area contributed by atoms with Crippen LogP contribution in [-0.4, -0.2) is 58.0 Å². The molecular formula is C13H30N2O2. The largest absolute Gasteiger partial charge is 0.385 e. The van der Waals surface area contributed by atoms with E-state index in [1.54, 1.807) is 14.2 Å². The molecule has 0 aliphatic heterocycles. The Balaban J connectivity index is 3.83. The van der Waals surface area contributed by atoms with Crippen LogP contribution in [0.4, 0.5) is 0 Å². The van der Waals surface area contributed by atoms with E-state index in [2.05, 4.69) is 18.7 Å². The van der Waals surface area contributed by atoms with Crippen LogP contribution >= 0.6 is 0 Å². The molecule has 2 N–H and O–H groups in total. The van der Waals surface area contributed by atoms with Gasteiger partial charge in [0, 0.05) is 40.0 Å². The molecule has 0 amide bonds. The van der Waals surface area contributed by atoms with Crippen LogP contribution in [0.15, 0.2) is 0 Å². The van der Waals surface area contributed by atoms with Gasteiger partial charge in [-0.3, -0.25) is 0 Å². The molecule has 4 heteroatoms. The molecule has 0 saturated heterocycles. The van der Waals surface area contributed by atoms with Crippen LogP contribution in [0.1, 0.15) is 26.7 Å². The highest BCUT2D eigenvalue weighted by molar-refractivity contribution is 4.68. The molecule has 0 aromatic rings. The standard InChI is InChI=1S/C13H30N2O2/c1-12(2)13(14)6-8-15(9-11-17-4)7-5-10-16-3/h12-13H,5-11,14H2,1-4H3. The van der Waals surface area contributed by atoms with E-state index >= 15 is 0 Å². The van der Waals surface area contributed by atoms with Crippen molar-refractivity contribution in [2.24, 2.45) is 11.7 Å². The molecule has 17 heavy (non-hydrogen) atoms. The van der Waals surface area contributed by atoms with Crippen molar-refractivity contribution >= 4 is 0 Å². The summed E-state index contributed by atoms with van der Waals surface area (Å²) in [5, 5.41) is 0. The van der Waals surface area contributed by atoms with Crippen LogP contribution in [0.2, 0.25) is 0 Å². The highest BCUT2D eigenvalue weighted by Crippen LogP contribution is 2.05. The lowest BCUT2D eigenvalue weighted by Crippen LogP contribution is -2.35. The molecule has 4 nitrogen and oxygen atoms in total. The van der Waals surface area contributed by atoms with Gasteiger partial charge in [0.05, 0.1) is 6.61 Å². The van der Waals surface area contributed by atoms with E-state index in [0.717, 1.165) is 45.7 Å². The lowest BCUT2D eigenvalue weighted by Gasteiger charge is -2.24. The molecular weight excluding hydrogens is 216 g/mol. The van der Waals surface area contributed by atoms with Gasteiger partial charge >= 0.3 is 0 Å². The Kier molecular flexibility index (Phi) is 10.9. The van der Waals surface area contributed by atoms with Crippen LogP contribution in [-0.2, 0) is 9.47 Å². The van der Waals surface area contributed by atoms with Gasteiger partial charge in [0.1, 0.15) is 0 Å². The maximum Gasteiger partial charge on any atom is 0.0589 e. The van der Waals surface area contributed by atoms with Gasteiger partial charge in [-0.15, -0.1) is 0 Å². The number of ether oxygens (including phenoxy) is 2. The number of hydrogen-bond donors (Lipinski definition) is 1. The Bertz CT molecular complexity index is 165. The number of nitrogens with zero attached hydrogens (tertiary/aromatic N) is 1. The van der Waals surface area contributed by atoms with Crippen LogP contribution in [0.25, 0.3) is 0 Å². The van der Waals surface area contributed by atoms with E-state index in [1.165, 1.54) is 0 Å². The maximum atomic E-state index is 6.07. The summed E-state index contributed by atoms with van der Waals surface area (Å²) in [5.41, 5.74) is 6.07. The Morgan fingerprint density at radius 1 is 1.00 bits per heavy atom. The molecule has 0 aliphatic rings. The normalized spacial score (nSPS) is 13.6. The van der Waals surface area contributed by atoms with Crippen molar-refractivity contribution in [3.8, 4) is 0 Å². The van der Waals surface area contributed by atoms with Gasteiger partial charge < -0.3 is 20.1 Å². The van der Waals surface area contributed by atoms with E-state index in [-0.39, 0.29) is 0 Å². The van der Waals surface area contributed by atoms with E-state index in [9.17, 15) is 0 Å². The third-order valence-electron chi connectivity index (χ3n) is 3.07. The van der Waals surface area contributed by atoms with Gasteiger partial charge in [0.2, 0.25) is 0 Å². The Morgan fingerprint density at radius 2 is 1.65 bits per heavy atom. The van der Waals surface area contributed by atoms with Crippen molar-refractivity contribution in [3.63, 3.8) is 0 Å². The predicted molar refractivity (Wildman–Crippen MR) is 72.2 cm³/mol. The van der Waals surface area contributed by atoms with Crippen molar-refractivity contribution in [1.82, 2.24) is 4.90 Å². The number of methoxy groups -OCH3 is 2. The lowest BCUT2D eigenvalue weighted by atomic mass is 10.0. The van der Waals surface area contributed by atoms with Gasteiger partial charge in [0.15, 0.2) is 0 Å². The maximum absolute atomic E-state index is 6.07. The van der Waals surface area contributed by atoms with Crippen LogP contribution in [0.5, 0.6) is 0 Å². The van der Waals surface area contributed by atoms with E-state index < -0.39 is 0 Å². The van der Waals surface area contributed by atoms with E-state index in [4.69, 9.17) is 15.2 Å². The van der Waals surface area contributed by atoms with Gasteiger partial charge in [-0.1, -0.05) is 13.8 Å². The van der Waals surface area contributed by atoms with Gasteiger partial charge in [-0.2, -0.15) is 0 Å². The summed E-state index contributed by atoms with van der Waals surface area (Å²) in [6.07, 6.45) is 2.12. The van der Waals surface area contributed by atoms with Crippen molar-refractivity contribution in [1.29, 1.82) is 0 Å². The summed E-state index contributed by atoms with van der Waals surface area (Å²) in [6, 6.07) is 0.294. The fourth-order valence-electron chi connectivity index (χ4n) is 1.65. The van der Waals surface area contributed by atoms with Gasteiger partial charge in [-0.25, -0.2) is 0 Å². The summed E-state index contributed by atoms with van der Waals surface area (Å²) in [6.45, 7) is 9.03. The highest BCUT2D eigenvalue weighted by atomic mass is 16.5. The molecule has 0 aliphatic carbocycles. The molecule has 0 heterocycles. The quantitative estimate of drug-likeness (QED) is 0.559. The Labute approximate surface area is 106 Å². The molecule has 0 rings (SSSR count). The first kappa shape index (κ1) is 16.8. The SMILES string of the molecule is COCCCN(CCOC)CCC(N)C(C)C. The summed E-state index contributed by atoms with van der Waals surface area (Å²) >= 11 is 0. The summed E-state index contributed by atoms with van der Waals surface area (Å²) < 4.78 is 10.2. The fourth-order valence-corrected chi connectivity index (χ4v) is 1.65. The molecule has 1 unspecified atom stereocenters. The van der Waals surface area contributed by atoms with Crippen molar-refractivity contribution in [2.75, 3.05) is 47.1 Å². The predicted octanol–water partition coefficient (Wildman–Crippen LogP) is 1.34. The van der Waals surface area contributed by atoms with Crippen LogP contribution in [0.3, 0.4) is 0 Å². The molecule has 0 saturated carbocycles. The zero-order chi connectivity index (χ0) is 13.1. The first-order valence-corrected chi connectivity index (χ1v) is 6.57. The van der Waals surface area contributed by atoms with Crippen molar-refractivity contribution in [3.05, 3.63) is 0 Å². The van der Waals surface area contributed by atoms with Crippen LogP contribution in [0, 0.1) is 5.92 Å². The summed E-state index contributed by atoms with van der Waals surface area (Å²) in [7, 11) is 3.49. The molecule has 0 bridgehead atoms. The molecule has 0 aromatic carbocycles. The number of hydrogen-bond acceptors (Lipinski definition) is 4. The van der Waals surface area contributed by atoms with Crippen molar-refractivity contribution in [2.45, 2.75) is 32.7 Å². The monoisotopic (exact) mass is 246 g/mol. The zero-order valence-electron chi connectivity index (χ0n) is 11.9. The lowest BCUT2D eigenvalue weighted by molar-refractivity contribution is 0.129. The highest BCUT2D eigenvalue weighted by Gasteiger charge is 2.10. The average Bonchev–Trinajstić information content (AvgIpc) is 2.31. The number of rotatable bonds is 11. The van der Waals surface area contributed by atoms with Gasteiger partial charge in [0.25, 0.3) is 0 Å². The van der Waals surface area contributed by atoms with E-state index in [0.29, 0.717) is 12.0 Å². The minimum Gasteiger partial charge on any atom is -0.385 e. The fraction of sp³-hybridized carbons (Fsp3) is 1.00. The Morgan fingerprint density at radius 3 is 2.18 bits per heavy atom. The third kappa shape index (κ3) is 9.53. The molecule has 0 aromatic heterocycles.